The van der Waals surface area contributed by atoms with E-state index in [2.05, 4.69) is 4.98 Å². The Morgan fingerprint density at radius 1 is 1.24 bits per heavy atom. The summed E-state index contributed by atoms with van der Waals surface area (Å²) in [6.07, 6.45) is 4.48. The number of hydrogen-bond acceptors (Lipinski definition) is 5. The molecule has 0 bridgehead atoms. The number of aromatic nitrogens is 2. The number of carbonyl (C=O) groups is 1. The number of hydrogen-bond donors (Lipinski definition) is 0. The molecule has 0 radical (unpaired) electrons. The highest BCUT2D eigenvalue weighted by molar-refractivity contribution is 7.15. The molecule has 2 aromatic heterocycles. The van der Waals surface area contributed by atoms with E-state index >= 15 is 0 Å². The van der Waals surface area contributed by atoms with Crippen LogP contribution >= 0.6 is 11.3 Å². The molecule has 0 saturated carbocycles. The molecule has 0 saturated heterocycles. The van der Waals surface area contributed by atoms with Crippen LogP contribution in [0.2, 0.25) is 0 Å². The quantitative estimate of drug-likeness (QED) is 0.677. The van der Waals surface area contributed by atoms with E-state index in [9.17, 15) is 9.59 Å². The van der Waals surface area contributed by atoms with Crippen LogP contribution < -0.4 is 5.56 Å². The molecular weight excluding hydrogens is 336 g/mol. The largest absolute Gasteiger partial charge is 0.456 e. The topological polar surface area (TPSA) is 60.7 Å². The van der Waals surface area contributed by atoms with Crippen LogP contribution in [0.3, 0.4) is 0 Å². The second kappa shape index (κ2) is 6.44. The first-order valence-corrected chi connectivity index (χ1v) is 9.25. The van der Waals surface area contributed by atoms with Crippen LogP contribution in [-0.2, 0) is 24.2 Å². The second-order valence-electron chi connectivity index (χ2n) is 6.35. The Balaban J connectivity index is 1.51. The first kappa shape index (κ1) is 16.0. The van der Waals surface area contributed by atoms with Crippen LogP contribution in [0.25, 0.3) is 4.96 Å². The monoisotopic (exact) mass is 354 g/mol. The molecule has 0 atom stereocenters. The number of ether oxygens (including phenoxy) is 1. The van der Waals surface area contributed by atoms with Crippen LogP contribution in [0.1, 0.15) is 45.7 Å². The lowest BCUT2D eigenvalue weighted by molar-refractivity contribution is 0.0467. The fourth-order valence-electron chi connectivity index (χ4n) is 3.26. The summed E-state index contributed by atoms with van der Waals surface area (Å²) in [7, 11) is 0. The van der Waals surface area contributed by atoms with Crippen LogP contribution in [0.5, 0.6) is 0 Å². The van der Waals surface area contributed by atoms with Crippen molar-refractivity contribution in [3.05, 3.63) is 68.1 Å². The minimum Gasteiger partial charge on any atom is -0.456 e. The summed E-state index contributed by atoms with van der Waals surface area (Å²) < 4.78 is 6.93. The summed E-state index contributed by atoms with van der Waals surface area (Å²) >= 11 is 1.40. The smallest absolute Gasteiger partial charge is 0.338 e. The number of nitrogens with zero attached hydrogens (tertiary/aromatic N) is 2. The number of benzene rings is 1. The predicted molar refractivity (Wildman–Crippen MR) is 96.3 cm³/mol. The van der Waals surface area contributed by atoms with Crippen LogP contribution in [0.4, 0.5) is 0 Å². The van der Waals surface area contributed by atoms with Crippen molar-refractivity contribution in [2.75, 3.05) is 0 Å². The van der Waals surface area contributed by atoms with Gasteiger partial charge in [0.1, 0.15) is 6.61 Å². The second-order valence-corrected chi connectivity index (χ2v) is 7.18. The number of carbonyl (C=O) groups excluding carboxylic acids is 1. The van der Waals surface area contributed by atoms with E-state index in [1.807, 2.05) is 30.5 Å². The van der Waals surface area contributed by atoms with E-state index in [4.69, 9.17) is 4.74 Å². The molecule has 128 valence electrons. The molecule has 0 amide bonds. The molecule has 25 heavy (non-hydrogen) atoms. The zero-order valence-corrected chi connectivity index (χ0v) is 14.8. The average molecular weight is 354 g/mol. The molecule has 0 spiro atoms. The maximum atomic E-state index is 12.3. The van der Waals surface area contributed by atoms with Gasteiger partial charge in [-0.05, 0) is 55.9 Å². The van der Waals surface area contributed by atoms with E-state index in [1.54, 1.807) is 4.40 Å². The number of thiazole rings is 1. The first-order valence-electron chi connectivity index (χ1n) is 8.37. The van der Waals surface area contributed by atoms with E-state index in [0.717, 1.165) is 18.5 Å². The molecule has 1 aliphatic carbocycles. The summed E-state index contributed by atoms with van der Waals surface area (Å²) in [6, 6.07) is 7.20. The number of rotatable bonds is 3. The molecule has 0 unspecified atom stereocenters. The van der Waals surface area contributed by atoms with Gasteiger partial charge >= 0.3 is 5.97 Å². The van der Waals surface area contributed by atoms with Crippen molar-refractivity contribution in [3.63, 3.8) is 0 Å². The standard InChI is InChI=1S/C19H18N2O3S/c1-12-11-25-19-20-16(9-17(22)21(12)19)10-24-18(23)15-7-6-13-4-2-3-5-14(13)8-15/h6-9,11H,2-5,10H2,1H3. The average Bonchev–Trinajstić information content (AvgIpc) is 3.00. The van der Waals surface area contributed by atoms with Gasteiger partial charge in [0.05, 0.1) is 11.3 Å². The van der Waals surface area contributed by atoms with Gasteiger partial charge in [0.15, 0.2) is 4.96 Å². The van der Waals surface area contributed by atoms with Crippen molar-refractivity contribution in [1.82, 2.24) is 9.38 Å². The van der Waals surface area contributed by atoms with E-state index in [1.165, 1.54) is 41.4 Å². The fourth-order valence-corrected chi connectivity index (χ4v) is 4.15. The van der Waals surface area contributed by atoms with Crippen LogP contribution in [0, 0.1) is 6.92 Å². The van der Waals surface area contributed by atoms with Gasteiger partial charge in [-0.2, -0.15) is 0 Å². The third-order valence-electron chi connectivity index (χ3n) is 4.56. The van der Waals surface area contributed by atoms with Gasteiger partial charge in [0, 0.05) is 17.1 Å². The van der Waals surface area contributed by atoms with E-state index in [-0.39, 0.29) is 18.1 Å². The molecule has 2 heterocycles. The van der Waals surface area contributed by atoms with Crippen LogP contribution in [-0.4, -0.2) is 15.4 Å². The normalized spacial score (nSPS) is 13.6. The highest BCUT2D eigenvalue weighted by Crippen LogP contribution is 2.22. The Kier molecular flexibility index (Phi) is 4.13. The lowest BCUT2D eigenvalue weighted by Gasteiger charge is -2.16. The number of aryl methyl sites for hydroxylation is 3. The van der Waals surface area contributed by atoms with Crippen molar-refractivity contribution in [3.8, 4) is 0 Å². The lowest BCUT2D eigenvalue weighted by atomic mass is 9.90. The lowest BCUT2D eigenvalue weighted by Crippen LogP contribution is -2.16. The molecule has 0 fully saturated rings. The first-order chi connectivity index (χ1) is 12.1. The Hall–Kier alpha value is -2.47. The fraction of sp³-hybridized carbons (Fsp3) is 0.316. The zero-order chi connectivity index (χ0) is 17.4. The van der Waals surface area contributed by atoms with Gasteiger partial charge in [-0.1, -0.05) is 6.07 Å². The highest BCUT2D eigenvalue weighted by Gasteiger charge is 2.14. The molecule has 1 aliphatic rings. The predicted octanol–water partition coefficient (Wildman–Crippen LogP) is 3.30. The highest BCUT2D eigenvalue weighted by atomic mass is 32.1. The Bertz CT molecular complexity index is 1020. The summed E-state index contributed by atoms with van der Waals surface area (Å²) in [6.45, 7) is 1.86. The molecule has 5 nitrogen and oxygen atoms in total. The Morgan fingerprint density at radius 2 is 2.04 bits per heavy atom. The van der Waals surface area contributed by atoms with Gasteiger partial charge in [-0.25, -0.2) is 9.78 Å². The van der Waals surface area contributed by atoms with Gasteiger partial charge in [-0.3, -0.25) is 9.20 Å². The molecule has 4 rings (SSSR count). The third kappa shape index (κ3) is 3.09. The van der Waals surface area contributed by atoms with Gasteiger partial charge < -0.3 is 4.74 Å². The Morgan fingerprint density at radius 3 is 2.88 bits per heavy atom. The molecular formula is C19H18N2O3S. The maximum Gasteiger partial charge on any atom is 0.338 e. The SMILES string of the molecule is Cc1csc2nc(COC(=O)c3ccc4c(c3)CCCC4)cc(=O)n12. The maximum absolute atomic E-state index is 12.3. The Labute approximate surface area is 148 Å². The van der Waals surface area contributed by atoms with Crippen molar-refractivity contribution >= 4 is 22.3 Å². The van der Waals surface area contributed by atoms with Crippen molar-refractivity contribution < 1.29 is 9.53 Å². The number of esters is 1. The van der Waals surface area contributed by atoms with Crippen molar-refractivity contribution in [2.24, 2.45) is 0 Å². The van der Waals surface area contributed by atoms with E-state index in [0.29, 0.717) is 16.2 Å². The molecule has 6 heteroatoms. The third-order valence-corrected chi connectivity index (χ3v) is 5.51. The summed E-state index contributed by atoms with van der Waals surface area (Å²) in [5.41, 5.74) is 4.31. The van der Waals surface area contributed by atoms with Crippen LogP contribution in [0.15, 0.2) is 34.4 Å². The van der Waals surface area contributed by atoms with Crippen molar-refractivity contribution in [2.45, 2.75) is 39.2 Å². The molecule has 0 N–H and O–H groups in total. The molecule has 1 aromatic carbocycles. The van der Waals surface area contributed by atoms with Gasteiger partial charge in [0.2, 0.25) is 0 Å². The molecule has 0 aliphatic heterocycles. The number of fused-ring (bicyclic) bond motifs is 2. The van der Waals surface area contributed by atoms with Gasteiger partial charge in [-0.15, -0.1) is 11.3 Å². The summed E-state index contributed by atoms with van der Waals surface area (Å²) in [5.74, 6) is -0.377. The molecule has 3 aromatic rings. The van der Waals surface area contributed by atoms with E-state index < -0.39 is 0 Å². The minimum atomic E-state index is -0.377. The van der Waals surface area contributed by atoms with Crippen molar-refractivity contribution in [1.29, 1.82) is 0 Å². The summed E-state index contributed by atoms with van der Waals surface area (Å²) in [4.78, 5) is 29.5. The van der Waals surface area contributed by atoms with Gasteiger partial charge in [0.25, 0.3) is 5.56 Å². The minimum absolute atomic E-state index is 0.00138. The zero-order valence-electron chi connectivity index (χ0n) is 13.9. The summed E-state index contributed by atoms with van der Waals surface area (Å²) in [5, 5.41) is 1.88.